The van der Waals surface area contributed by atoms with Crippen LogP contribution in [0.1, 0.15) is 19.0 Å². The van der Waals surface area contributed by atoms with E-state index in [1.165, 1.54) is 0 Å². The van der Waals surface area contributed by atoms with Gasteiger partial charge in [0.2, 0.25) is 0 Å². The van der Waals surface area contributed by atoms with Crippen LogP contribution < -0.4 is 5.32 Å². The number of rotatable bonds is 4. The molecule has 3 heteroatoms. The van der Waals surface area contributed by atoms with Gasteiger partial charge < -0.3 is 5.32 Å². The summed E-state index contributed by atoms with van der Waals surface area (Å²) in [6.45, 7) is 2.85. The lowest BCUT2D eigenvalue weighted by Crippen LogP contribution is -2.25. The molecule has 0 fully saturated rings. The SMILES string of the molecule is C#CCC(C)NCc1ccn(C)n1. The Balaban J connectivity index is 2.31. The van der Waals surface area contributed by atoms with Gasteiger partial charge in [-0.05, 0) is 13.0 Å². The maximum atomic E-state index is 5.19. The molecule has 1 N–H and O–H groups in total. The Kier molecular flexibility index (Phi) is 3.53. The summed E-state index contributed by atoms with van der Waals surface area (Å²) in [4.78, 5) is 0. The van der Waals surface area contributed by atoms with Gasteiger partial charge in [-0.2, -0.15) is 5.10 Å². The summed E-state index contributed by atoms with van der Waals surface area (Å²) in [6.07, 6.45) is 7.88. The van der Waals surface area contributed by atoms with E-state index in [1.807, 2.05) is 19.3 Å². The molecule has 0 saturated carbocycles. The summed E-state index contributed by atoms with van der Waals surface area (Å²) < 4.78 is 1.79. The van der Waals surface area contributed by atoms with Crippen molar-refractivity contribution in [3.8, 4) is 12.3 Å². The lowest BCUT2D eigenvalue weighted by atomic mass is 10.2. The highest BCUT2D eigenvalue weighted by molar-refractivity contribution is 4.98. The van der Waals surface area contributed by atoms with E-state index in [1.54, 1.807) is 4.68 Å². The average Bonchev–Trinajstić information content (AvgIpc) is 2.49. The first-order valence-corrected chi connectivity index (χ1v) is 4.37. The molecule has 70 valence electrons. The van der Waals surface area contributed by atoms with Gasteiger partial charge in [0, 0.05) is 32.3 Å². The van der Waals surface area contributed by atoms with Crippen molar-refractivity contribution in [3.05, 3.63) is 18.0 Å². The zero-order valence-electron chi connectivity index (χ0n) is 8.12. The van der Waals surface area contributed by atoms with Gasteiger partial charge in [0.15, 0.2) is 0 Å². The highest BCUT2D eigenvalue weighted by Gasteiger charge is 2.00. The smallest absolute Gasteiger partial charge is 0.0762 e. The van der Waals surface area contributed by atoms with Crippen LogP contribution in [0.5, 0.6) is 0 Å². The lowest BCUT2D eigenvalue weighted by Gasteiger charge is -2.08. The third-order valence-electron chi connectivity index (χ3n) is 1.82. The highest BCUT2D eigenvalue weighted by Crippen LogP contribution is 1.95. The molecule has 0 aliphatic heterocycles. The molecule has 13 heavy (non-hydrogen) atoms. The van der Waals surface area contributed by atoms with Crippen molar-refractivity contribution in [2.45, 2.75) is 25.9 Å². The van der Waals surface area contributed by atoms with Gasteiger partial charge in [0.25, 0.3) is 0 Å². The predicted octanol–water partition coefficient (Wildman–Crippen LogP) is 0.921. The van der Waals surface area contributed by atoms with E-state index in [0.717, 1.165) is 18.7 Å². The molecule has 0 radical (unpaired) electrons. The third-order valence-corrected chi connectivity index (χ3v) is 1.82. The van der Waals surface area contributed by atoms with Crippen molar-refractivity contribution < 1.29 is 0 Å². The summed E-state index contributed by atoms with van der Waals surface area (Å²) in [5.74, 6) is 2.62. The molecule has 0 aliphatic carbocycles. The first-order chi connectivity index (χ1) is 6.22. The van der Waals surface area contributed by atoms with Crippen LogP contribution in [0.4, 0.5) is 0 Å². The number of nitrogens with zero attached hydrogens (tertiary/aromatic N) is 2. The Bertz CT molecular complexity index is 295. The molecule has 0 saturated heterocycles. The van der Waals surface area contributed by atoms with E-state index in [9.17, 15) is 0 Å². The van der Waals surface area contributed by atoms with Crippen LogP contribution in [-0.2, 0) is 13.6 Å². The van der Waals surface area contributed by atoms with Crippen molar-refractivity contribution in [1.82, 2.24) is 15.1 Å². The second-order valence-electron chi connectivity index (χ2n) is 3.17. The Labute approximate surface area is 79.1 Å². The Morgan fingerprint density at radius 3 is 3.08 bits per heavy atom. The number of aryl methyl sites for hydroxylation is 1. The largest absolute Gasteiger partial charge is 0.308 e. The molecular weight excluding hydrogens is 162 g/mol. The van der Waals surface area contributed by atoms with Crippen molar-refractivity contribution in [1.29, 1.82) is 0 Å². The normalized spacial score (nSPS) is 12.4. The van der Waals surface area contributed by atoms with Crippen LogP contribution in [0.15, 0.2) is 12.3 Å². The van der Waals surface area contributed by atoms with E-state index in [2.05, 4.69) is 23.3 Å². The van der Waals surface area contributed by atoms with Gasteiger partial charge in [0.1, 0.15) is 0 Å². The minimum atomic E-state index is 0.354. The molecule has 1 aromatic rings. The molecule has 1 heterocycles. The summed E-state index contributed by atoms with van der Waals surface area (Å²) in [7, 11) is 1.91. The maximum absolute atomic E-state index is 5.19. The van der Waals surface area contributed by atoms with Crippen LogP contribution in [0.3, 0.4) is 0 Å². The highest BCUT2D eigenvalue weighted by atomic mass is 15.3. The summed E-state index contributed by atoms with van der Waals surface area (Å²) >= 11 is 0. The molecule has 1 aromatic heterocycles. The third kappa shape index (κ3) is 3.30. The quantitative estimate of drug-likeness (QED) is 0.693. The van der Waals surface area contributed by atoms with Crippen LogP contribution in [0.25, 0.3) is 0 Å². The van der Waals surface area contributed by atoms with E-state index in [-0.39, 0.29) is 0 Å². The zero-order valence-corrected chi connectivity index (χ0v) is 8.12. The Hall–Kier alpha value is -1.27. The van der Waals surface area contributed by atoms with Gasteiger partial charge >= 0.3 is 0 Å². The molecule has 3 nitrogen and oxygen atoms in total. The number of aromatic nitrogens is 2. The molecule has 0 spiro atoms. The fourth-order valence-electron chi connectivity index (χ4n) is 1.09. The fraction of sp³-hybridized carbons (Fsp3) is 0.500. The number of terminal acetylenes is 1. The van der Waals surface area contributed by atoms with Crippen molar-refractivity contribution in [2.75, 3.05) is 0 Å². The minimum absolute atomic E-state index is 0.354. The van der Waals surface area contributed by atoms with E-state index in [4.69, 9.17) is 6.42 Å². The van der Waals surface area contributed by atoms with Gasteiger partial charge in [-0.1, -0.05) is 0 Å². The van der Waals surface area contributed by atoms with Crippen LogP contribution in [-0.4, -0.2) is 15.8 Å². The monoisotopic (exact) mass is 177 g/mol. The minimum Gasteiger partial charge on any atom is -0.308 e. The van der Waals surface area contributed by atoms with Gasteiger partial charge in [0.05, 0.1) is 5.69 Å². The average molecular weight is 177 g/mol. The van der Waals surface area contributed by atoms with Gasteiger partial charge in [-0.25, -0.2) is 0 Å². The first kappa shape index (κ1) is 9.82. The number of hydrogen-bond donors (Lipinski definition) is 1. The molecule has 0 amide bonds. The summed E-state index contributed by atoms with van der Waals surface area (Å²) in [5, 5.41) is 7.54. The lowest BCUT2D eigenvalue weighted by molar-refractivity contribution is 0.548. The molecule has 1 rings (SSSR count). The van der Waals surface area contributed by atoms with Crippen LogP contribution >= 0.6 is 0 Å². The molecule has 0 aliphatic rings. The van der Waals surface area contributed by atoms with Crippen molar-refractivity contribution in [2.24, 2.45) is 7.05 Å². The maximum Gasteiger partial charge on any atom is 0.0762 e. The second-order valence-corrected chi connectivity index (χ2v) is 3.17. The second kappa shape index (κ2) is 4.68. The standard InChI is InChI=1S/C10H15N3/c1-4-5-9(2)11-8-10-6-7-13(3)12-10/h1,6-7,9,11H,5,8H2,2-3H3. The van der Waals surface area contributed by atoms with E-state index in [0.29, 0.717) is 6.04 Å². The number of nitrogens with one attached hydrogen (secondary N) is 1. The van der Waals surface area contributed by atoms with Crippen molar-refractivity contribution >= 4 is 0 Å². The van der Waals surface area contributed by atoms with E-state index >= 15 is 0 Å². The zero-order chi connectivity index (χ0) is 9.68. The Morgan fingerprint density at radius 2 is 2.54 bits per heavy atom. The van der Waals surface area contributed by atoms with Crippen LogP contribution in [0, 0.1) is 12.3 Å². The van der Waals surface area contributed by atoms with E-state index < -0.39 is 0 Å². The molecule has 1 atom stereocenters. The van der Waals surface area contributed by atoms with Crippen LogP contribution in [0.2, 0.25) is 0 Å². The molecular formula is C10H15N3. The molecule has 1 unspecified atom stereocenters. The summed E-state index contributed by atoms with van der Waals surface area (Å²) in [6, 6.07) is 2.35. The predicted molar refractivity (Wildman–Crippen MR) is 53.0 cm³/mol. The Morgan fingerprint density at radius 1 is 1.77 bits per heavy atom. The number of hydrogen-bond acceptors (Lipinski definition) is 2. The van der Waals surface area contributed by atoms with Gasteiger partial charge in [-0.3, -0.25) is 4.68 Å². The fourth-order valence-corrected chi connectivity index (χ4v) is 1.09. The molecule has 0 aromatic carbocycles. The molecule has 0 bridgehead atoms. The van der Waals surface area contributed by atoms with Crippen molar-refractivity contribution in [3.63, 3.8) is 0 Å². The van der Waals surface area contributed by atoms with Gasteiger partial charge in [-0.15, -0.1) is 12.3 Å². The summed E-state index contributed by atoms with van der Waals surface area (Å²) in [5.41, 5.74) is 1.05. The first-order valence-electron chi connectivity index (χ1n) is 4.37. The topological polar surface area (TPSA) is 29.9 Å².